The average molecular weight is 795 g/mol. The molecule has 2 aliphatic carbocycles. The Morgan fingerprint density at radius 3 is 2.62 bits per heavy atom. The Balaban J connectivity index is 1.22. The van der Waals surface area contributed by atoms with Crippen LogP contribution in [0.1, 0.15) is 83.6 Å². The molecule has 6 atom stereocenters. The maximum absolute atomic E-state index is 14.6. The second-order valence-electron chi connectivity index (χ2n) is 15.6. The Labute approximate surface area is 326 Å². The number of benzene rings is 1. The number of carbonyl (C=O) groups excluding carboxylic acids is 4. The number of nitrogens with one attached hydrogen (secondary N) is 3. The fourth-order valence-electron chi connectivity index (χ4n) is 7.72. The van der Waals surface area contributed by atoms with E-state index in [0.717, 1.165) is 18.4 Å². The van der Waals surface area contributed by atoms with Gasteiger partial charge < -0.3 is 34.6 Å². The number of aromatic nitrogens is 1. The van der Waals surface area contributed by atoms with Gasteiger partial charge in [0.2, 0.25) is 33.8 Å². The van der Waals surface area contributed by atoms with E-state index in [0.29, 0.717) is 60.4 Å². The van der Waals surface area contributed by atoms with Crippen molar-refractivity contribution < 1.29 is 46.6 Å². The molecule has 1 saturated heterocycles. The molecule has 3 aliphatic heterocycles. The van der Waals surface area contributed by atoms with Crippen LogP contribution in [-0.2, 0) is 34.0 Å². The van der Waals surface area contributed by atoms with Crippen molar-refractivity contribution >= 4 is 50.8 Å². The molecule has 17 heteroatoms. The molecule has 16 nitrogen and oxygen atoms in total. The SMILES string of the molecule is COc1ccc2c(O[C@@H]3C[C@H]4C(=O)N[C@]5(C(=O)NS(=O)(=O)C6CC6)CC5/C=C\CCCCC[C@H](NC(=O)C5CC=NO5)C(=O)N4C3)cc(OC(C)C)nc2c1C. The van der Waals surface area contributed by atoms with Gasteiger partial charge in [0.25, 0.3) is 11.8 Å². The third-order valence-corrected chi connectivity index (χ3v) is 12.8. The first-order chi connectivity index (χ1) is 26.8. The highest BCUT2D eigenvalue weighted by Gasteiger charge is 2.62. The Morgan fingerprint density at radius 2 is 1.91 bits per heavy atom. The normalized spacial score (nSPS) is 28.6. The first-order valence-corrected chi connectivity index (χ1v) is 21.0. The minimum atomic E-state index is -3.90. The molecule has 2 unspecified atom stereocenters. The third-order valence-electron chi connectivity index (χ3n) is 11.0. The van der Waals surface area contributed by atoms with Crippen LogP contribution in [0, 0.1) is 12.8 Å². The van der Waals surface area contributed by atoms with E-state index in [4.69, 9.17) is 24.0 Å². The van der Waals surface area contributed by atoms with Gasteiger partial charge in [-0.2, -0.15) is 0 Å². The highest BCUT2D eigenvalue weighted by atomic mass is 32.2. The monoisotopic (exact) mass is 794 g/mol. The summed E-state index contributed by atoms with van der Waals surface area (Å²) in [7, 11) is -2.33. The zero-order valence-electron chi connectivity index (χ0n) is 32.1. The third kappa shape index (κ3) is 8.27. The van der Waals surface area contributed by atoms with Crippen molar-refractivity contribution in [3.8, 4) is 17.4 Å². The molecule has 0 spiro atoms. The average Bonchev–Trinajstić information content (AvgIpc) is 4.01. The van der Waals surface area contributed by atoms with E-state index < -0.39 is 74.7 Å². The van der Waals surface area contributed by atoms with Gasteiger partial charge in [0, 0.05) is 42.0 Å². The molecule has 2 aromatic rings. The summed E-state index contributed by atoms with van der Waals surface area (Å²) < 4.78 is 46.2. The van der Waals surface area contributed by atoms with Crippen LogP contribution < -0.4 is 29.6 Å². The number of pyridine rings is 1. The standard InChI is InChI=1S/C39H50N6O10S/c1-22(2)53-33-19-32(27-14-15-30(52-4)23(3)34(27)42-33)54-25-18-29-35(46)43-39(38(49)44-56(50,51)26-12-13-26)20-24(39)10-8-6-5-7-9-11-28(37(48)45(29)21-25)41-36(47)31-16-17-40-55-31/h8,10,14-15,17,19,22,24-26,28-29,31H,5-7,9,11-13,16,18,20-21H2,1-4H3,(H,41,47)(H,43,46)(H,44,49)/b10-8-/t24?,25-,28+,29+,31?,39-/m1/s1. The summed E-state index contributed by atoms with van der Waals surface area (Å²) in [5.41, 5.74) is -0.146. The molecule has 1 aromatic heterocycles. The first kappa shape index (κ1) is 39.3. The summed E-state index contributed by atoms with van der Waals surface area (Å²) in [5, 5.41) is 9.48. The van der Waals surface area contributed by atoms with E-state index in [2.05, 4.69) is 20.5 Å². The van der Waals surface area contributed by atoms with Gasteiger partial charge in [-0.15, -0.1) is 0 Å². The number of hydrogen-bond acceptors (Lipinski definition) is 12. The largest absolute Gasteiger partial charge is 0.496 e. The number of allylic oxidation sites excluding steroid dienone is 1. The van der Waals surface area contributed by atoms with E-state index in [9.17, 15) is 27.6 Å². The molecule has 1 aromatic carbocycles. The number of aryl methyl sites for hydroxylation is 1. The second kappa shape index (κ2) is 15.9. The van der Waals surface area contributed by atoms with Crippen molar-refractivity contribution in [2.75, 3.05) is 13.7 Å². The second-order valence-corrected chi connectivity index (χ2v) is 17.5. The van der Waals surface area contributed by atoms with Crippen LogP contribution in [0.2, 0.25) is 0 Å². The number of ether oxygens (including phenoxy) is 3. The lowest BCUT2D eigenvalue weighted by Gasteiger charge is -2.30. The van der Waals surface area contributed by atoms with Crippen molar-refractivity contribution in [3.05, 3.63) is 35.9 Å². The Kier molecular flexibility index (Phi) is 11.2. The smallest absolute Gasteiger partial charge is 0.264 e. The van der Waals surface area contributed by atoms with E-state index in [1.807, 2.05) is 45.1 Å². The number of rotatable bonds is 10. The molecular weight excluding hydrogens is 745 g/mol. The van der Waals surface area contributed by atoms with Crippen molar-refractivity contribution in [2.24, 2.45) is 11.1 Å². The fraction of sp³-hybridized carbons (Fsp3) is 0.590. The first-order valence-electron chi connectivity index (χ1n) is 19.4. The summed E-state index contributed by atoms with van der Waals surface area (Å²) in [4.78, 5) is 67.5. The quantitative estimate of drug-likeness (QED) is 0.299. The molecule has 0 radical (unpaired) electrons. The maximum Gasteiger partial charge on any atom is 0.264 e. The van der Waals surface area contributed by atoms with Gasteiger partial charge in [0.1, 0.15) is 35.2 Å². The van der Waals surface area contributed by atoms with Crippen LogP contribution in [0.25, 0.3) is 10.9 Å². The van der Waals surface area contributed by atoms with Crippen LogP contribution in [0.4, 0.5) is 0 Å². The van der Waals surface area contributed by atoms with Gasteiger partial charge in [-0.25, -0.2) is 13.4 Å². The van der Waals surface area contributed by atoms with Crippen LogP contribution >= 0.6 is 0 Å². The number of nitrogens with zero attached hydrogens (tertiary/aromatic N) is 3. The van der Waals surface area contributed by atoms with Gasteiger partial charge in [-0.1, -0.05) is 30.1 Å². The number of oxime groups is 1. The lowest BCUT2D eigenvalue weighted by Crippen LogP contribution is -2.58. The van der Waals surface area contributed by atoms with Crippen molar-refractivity contribution in [1.29, 1.82) is 0 Å². The van der Waals surface area contributed by atoms with Crippen LogP contribution in [-0.4, -0.2) is 103 Å². The lowest BCUT2D eigenvalue weighted by molar-refractivity contribution is -0.144. The van der Waals surface area contributed by atoms with Gasteiger partial charge in [-0.3, -0.25) is 23.9 Å². The molecule has 2 saturated carbocycles. The topological polar surface area (TPSA) is 204 Å². The maximum atomic E-state index is 14.6. The Morgan fingerprint density at radius 1 is 1.11 bits per heavy atom. The molecule has 302 valence electrons. The highest BCUT2D eigenvalue weighted by Crippen LogP contribution is 2.46. The molecule has 7 rings (SSSR count). The predicted octanol–water partition coefficient (Wildman–Crippen LogP) is 2.95. The number of fused-ring (bicyclic) bond motifs is 3. The predicted molar refractivity (Wildman–Crippen MR) is 205 cm³/mol. The van der Waals surface area contributed by atoms with E-state index in [-0.39, 0.29) is 31.9 Å². The van der Waals surface area contributed by atoms with Crippen LogP contribution in [0.3, 0.4) is 0 Å². The molecule has 3 N–H and O–H groups in total. The number of methoxy groups -OCH3 is 1. The van der Waals surface area contributed by atoms with Crippen molar-refractivity contribution in [1.82, 2.24) is 25.2 Å². The zero-order valence-corrected chi connectivity index (χ0v) is 32.9. The number of sulfonamides is 1. The van der Waals surface area contributed by atoms with E-state index in [1.165, 1.54) is 11.1 Å². The minimum Gasteiger partial charge on any atom is -0.496 e. The summed E-state index contributed by atoms with van der Waals surface area (Å²) in [6.45, 7) is 5.62. The Hall–Kier alpha value is -4.93. The number of hydrogen-bond donors (Lipinski definition) is 3. The van der Waals surface area contributed by atoms with Gasteiger partial charge >= 0.3 is 0 Å². The van der Waals surface area contributed by atoms with E-state index >= 15 is 0 Å². The number of carbonyl (C=O) groups is 4. The van der Waals surface area contributed by atoms with Crippen LogP contribution in [0.15, 0.2) is 35.5 Å². The molecule has 5 aliphatic rings. The summed E-state index contributed by atoms with van der Waals surface area (Å²) in [5.74, 6) is -1.46. The molecule has 0 bridgehead atoms. The van der Waals surface area contributed by atoms with Crippen LogP contribution in [0.5, 0.6) is 17.4 Å². The number of amides is 4. The van der Waals surface area contributed by atoms with E-state index in [1.54, 1.807) is 13.2 Å². The van der Waals surface area contributed by atoms with Gasteiger partial charge in [0.05, 0.1) is 30.5 Å². The zero-order chi connectivity index (χ0) is 39.8. The van der Waals surface area contributed by atoms with Gasteiger partial charge in [0.15, 0.2) is 0 Å². The summed E-state index contributed by atoms with van der Waals surface area (Å²) >= 11 is 0. The Bertz CT molecular complexity index is 2040. The highest BCUT2D eigenvalue weighted by molar-refractivity contribution is 7.91. The van der Waals surface area contributed by atoms with Crippen molar-refractivity contribution in [2.45, 2.75) is 126 Å². The van der Waals surface area contributed by atoms with Crippen molar-refractivity contribution in [3.63, 3.8) is 0 Å². The molecule has 3 fully saturated rings. The lowest BCUT2D eigenvalue weighted by atomic mass is 10.0. The molecule has 4 amide bonds. The fourth-order valence-corrected chi connectivity index (χ4v) is 9.09. The summed E-state index contributed by atoms with van der Waals surface area (Å²) in [6.07, 6.45) is 8.13. The molecule has 4 heterocycles. The van der Waals surface area contributed by atoms with Gasteiger partial charge in [-0.05, 0) is 71.4 Å². The summed E-state index contributed by atoms with van der Waals surface area (Å²) in [6, 6.07) is 3.21. The molecular formula is C39H50N6O10S. The molecule has 56 heavy (non-hydrogen) atoms. The minimum absolute atomic E-state index is 0.0236.